The molecule has 1 atom stereocenters. The quantitative estimate of drug-likeness (QED) is 0.779. The van der Waals surface area contributed by atoms with Crippen molar-refractivity contribution in [3.8, 4) is 0 Å². The van der Waals surface area contributed by atoms with E-state index in [0.29, 0.717) is 6.04 Å². The summed E-state index contributed by atoms with van der Waals surface area (Å²) in [4.78, 5) is 3.33. The molecule has 0 bridgehead atoms. The molecule has 2 rings (SSSR count). The van der Waals surface area contributed by atoms with Gasteiger partial charge in [0.15, 0.2) is 0 Å². The molecule has 0 radical (unpaired) electrons. The molecule has 2 aromatic rings. The van der Waals surface area contributed by atoms with E-state index in [1.807, 2.05) is 6.20 Å². The largest absolute Gasteiger partial charge is 0.361 e. The van der Waals surface area contributed by atoms with Gasteiger partial charge in [0.05, 0.1) is 5.52 Å². The predicted octanol–water partition coefficient (Wildman–Crippen LogP) is 4.42. The molecule has 0 aliphatic carbocycles. The number of fused-ring (bicyclic) bond motifs is 1. The summed E-state index contributed by atoms with van der Waals surface area (Å²) in [6.07, 6.45) is 6.47. The Kier molecular flexibility index (Phi) is 4.11. The molecular weight excluding hydrogens is 232 g/mol. The number of hydrogen-bond donors (Lipinski definition) is 2. The van der Waals surface area contributed by atoms with Gasteiger partial charge in [0.1, 0.15) is 0 Å². The molecule has 102 valence electrons. The van der Waals surface area contributed by atoms with Crippen molar-refractivity contribution in [2.75, 3.05) is 6.54 Å². The Morgan fingerprint density at radius 1 is 1.26 bits per heavy atom. The van der Waals surface area contributed by atoms with Gasteiger partial charge in [-0.05, 0) is 29.4 Å². The Bertz CT molecular complexity index is 558. The Morgan fingerprint density at radius 2 is 2.05 bits per heavy atom. The molecule has 0 saturated heterocycles. The standard InChI is InChI=1S/C17H24N2/c1-13(18-11-6-10-17(2,3)4)15-8-5-7-14-9-12-19-16(14)15/h5-10,12-13,18-19H,11H2,1-4H3/b10-6+/t13-/m1/s1. The zero-order valence-electron chi connectivity index (χ0n) is 12.3. The molecule has 0 amide bonds. The Morgan fingerprint density at radius 3 is 2.79 bits per heavy atom. The van der Waals surface area contributed by atoms with E-state index in [1.54, 1.807) is 0 Å². The lowest BCUT2D eigenvalue weighted by Gasteiger charge is -2.15. The van der Waals surface area contributed by atoms with Gasteiger partial charge in [-0.3, -0.25) is 0 Å². The van der Waals surface area contributed by atoms with Crippen LogP contribution in [-0.2, 0) is 0 Å². The first-order chi connectivity index (χ1) is 8.97. The Balaban J connectivity index is 2.02. The number of rotatable bonds is 4. The van der Waals surface area contributed by atoms with E-state index in [2.05, 4.69) is 74.4 Å². The number of benzene rings is 1. The molecule has 0 saturated carbocycles. The van der Waals surface area contributed by atoms with Crippen molar-refractivity contribution in [1.82, 2.24) is 10.3 Å². The van der Waals surface area contributed by atoms with Crippen molar-refractivity contribution < 1.29 is 0 Å². The molecule has 1 aromatic heterocycles. The first kappa shape index (κ1) is 13.9. The summed E-state index contributed by atoms with van der Waals surface area (Å²) in [6, 6.07) is 8.90. The lowest BCUT2D eigenvalue weighted by Crippen LogP contribution is -2.19. The number of allylic oxidation sites excluding steroid dienone is 1. The van der Waals surface area contributed by atoms with Gasteiger partial charge in [-0.1, -0.05) is 51.1 Å². The van der Waals surface area contributed by atoms with Crippen LogP contribution in [0.3, 0.4) is 0 Å². The second-order valence-electron chi connectivity index (χ2n) is 6.19. The third-order valence-electron chi connectivity index (χ3n) is 3.25. The molecule has 0 unspecified atom stereocenters. The number of aromatic nitrogens is 1. The minimum atomic E-state index is 0.254. The number of aromatic amines is 1. The third kappa shape index (κ3) is 3.71. The van der Waals surface area contributed by atoms with Gasteiger partial charge in [-0.2, -0.15) is 0 Å². The van der Waals surface area contributed by atoms with Crippen molar-refractivity contribution in [1.29, 1.82) is 0 Å². The van der Waals surface area contributed by atoms with Crippen molar-refractivity contribution in [3.05, 3.63) is 48.2 Å². The highest BCUT2D eigenvalue weighted by Gasteiger charge is 2.09. The summed E-state index contributed by atoms with van der Waals surface area (Å²) in [5.74, 6) is 0. The van der Waals surface area contributed by atoms with Crippen LogP contribution < -0.4 is 5.32 Å². The monoisotopic (exact) mass is 256 g/mol. The zero-order valence-corrected chi connectivity index (χ0v) is 12.3. The second-order valence-corrected chi connectivity index (χ2v) is 6.19. The highest BCUT2D eigenvalue weighted by molar-refractivity contribution is 5.82. The Labute approximate surface area is 115 Å². The van der Waals surface area contributed by atoms with Crippen LogP contribution in [0.4, 0.5) is 0 Å². The van der Waals surface area contributed by atoms with Gasteiger partial charge in [0.25, 0.3) is 0 Å². The summed E-state index contributed by atoms with van der Waals surface area (Å²) >= 11 is 0. The maximum Gasteiger partial charge on any atom is 0.0502 e. The van der Waals surface area contributed by atoms with E-state index in [-0.39, 0.29) is 5.41 Å². The fourth-order valence-electron chi connectivity index (χ4n) is 2.24. The van der Waals surface area contributed by atoms with E-state index in [9.17, 15) is 0 Å². The van der Waals surface area contributed by atoms with E-state index < -0.39 is 0 Å². The number of para-hydroxylation sites is 1. The average molecular weight is 256 g/mol. The molecule has 0 aliphatic heterocycles. The van der Waals surface area contributed by atoms with Crippen molar-refractivity contribution in [2.24, 2.45) is 5.41 Å². The van der Waals surface area contributed by atoms with Crippen LogP contribution in [0.1, 0.15) is 39.3 Å². The maximum atomic E-state index is 3.55. The summed E-state index contributed by atoms with van der Waals surface area (Å²) in [5, 5.41) is 4.82. The molecular formula is C17H24N2. The molecule has 0 spiro atoms. The molecule has 2 N–H and O–H groups in total. The van der Waals surface area contributed by atoms with Crippen molar-refractivity contribution in [2.45, 2.75) is 33.7 Å². The summed E-state index contributed by atoms with van der Waals surface area (Å²) in [5.41, 5.74) is 2.82. The normalized spacial score (nSPS) is 14.3. The highest BCUT2D eigenvalue weighted by Crippen LogP contribution is 2.22. The van der Waals surface area contributed by atoms with Gasteiger partial charge < -0.3 is 10.3 Å². The predicted molar refractivity (Wildman–Crippen MR) is 83.3 cm³/mol. The fourth-order valence-corrected chi connectivity index (χ4v) is 2.24. The summed E-state index contributed by atoms with van der Waals surface area (Å²) < 4.78 is 0. The van der Waals surface area contributed by atoms with Crippen LogP contribution in [0.5, 0.6) is 0 Å². The van der Waals surface area contributed by atoms with Crippen LogP contribution in [0.2, 0.25) is 0 Å². The molecule has 2 nitrogen and oxygen atoms in total. The molecule has 0 aliphatic rings. The average Bonchev–Trinajstić information content (AvgIpc) is 2.81. The molecule has 2 heteroatoms. The molecule has 1 heterocycles. The topological polar surface area (TPSA) is 27.8 Å². The van der Waals surface area contributed by atoms with E-state index in [1.165, 1.54) is 16.5 Å². The number of nitrogens with one attached hydrogen (secondary N) is 2. The first-order valence-corrected chi connectivity index (χ1v) is 6.94. The number of hydrogen-bond acceptors (Lipinski definition) is 1. The second kappa shape index (κ2) is 5.62. The molecule has 19 heavy (non-hydrogen) atoms. The summed E-state index contributed by atoms with van der Waals surface area (Å²) in [6.45, 7) is 9.75. The van der Waals surface area contributed by atoms with Gasteiger partial charge >= 0.3 is 0 Å². The van der Waals surface area contributed by atoms with Gasteiger partial charge in [-0.15, -0.1) is 0 Å². The molecule has 0 fully saturated rings. The van der Waals surface area contributed by atoms with Crippen LogP contribution >= 0.6 is 0 Å². The zero-order chi connectivity index (χ0) is 13.9. The van der Waals surface area contributed by atoms with Crippen LogP contribution in [0.15, 0.2) is 42.6 Å². The highest BCUT2D eigenvalue weighted by atomic mass is 14.9. The van der Waals surface area contributed by atoms with Gasteiger partial charge in [0, 0.05) is 18.8 Å². The summed E-state index contributed by atoms with van der Waals surface area (Å²) in [7, 11) is 0. The van der Waals surface area contributed by atoms with E-state index in [4.69, 9.17) is 0 Å². The van der Waals surface area contributed by atoms with E-state index in [0.717, 1.165) is 6.54 Å². The SMILES string of the molecule is C[C@@H](NC/C=C/C(C)(C)C)c1cccc2cc[nH]c12. The lowest BCUT2D eigenvalue weighted by atomic mass is 9.96. The van der Waals surface area contributed by atoms with Crippen molar-refractivity contribution in [3.63, 3.8) is 0 Å². The minimum Gasteiger partial charge on any atom is -0.361 e. The van der Waals surface area contributed by atoms with Gasteiger partial charge in [-0.25, -0.2) is 0 Å². The van der Waals surface area contributed by atoms with Crippen molar-refractivity contribution >= 4 is 10.9 Å². The fraction of sp³-hybridized carbons (Fsp3) is 0.412. The van der Waals surface area contributed by atoms with Gasteiger partial charge in [0.2, 0.25) is 0 Å². The smallest absolute Gasteiger partial charge is 0.0502 e. The van der Waals surface area contributed by atoms with Crippen LogP contribution in [-0.4, -0.2) is 11.5 Å². The van der Waals surface area contributed by atoms with Crippen LogP contribution in [0.25, 0.3) is 10.9 Å². The first-order valence-electron chi connectivity index (χ1n) is 6.94. The van der Waals surface area contributed by atoms with Crippen LogP contribution in [0, 0.1) is 5.41 Å². The maximum absolute atomic E-state index is 3.55. The third-order valence-corrected chi connectivity index (χ3v) is 3.25. The minimum absolute atomic E-state index is 0.254. The number of H-pyrrole nitrogens is 1. The van der Waals surface area contributed by atoms with E-state index >= 15 is 0 Å². The molecule has 1 aromatic carbocycles. The Hall–Kier alpha value is -1.54. The lowest BCUT2D eigenvalue weighted by molar-refractivity contribution is 0.539.